The molecule has 0 aromatic carbocycles. The van der Waals surface area contributed by atoms with Gasteiger partial charge in [-0.2, -0.15) is 11.8 Å². The second kappa shape index (κ2) is 6.70. The van der Waals surface area contributed by atoms with Gasteiger partial charge in [-0.05, 0) is 38.6 Å². The number of hydrogen-bond acceptors (Lipinski definition) is 3. The highest BCUT2D eigenvalue weighted by Gasteiger charge is 2.19. The molecule has 0 aromatic heterocycles. The molecular weight excluding hydrogens is 192 g/mol. The highest BCUT2D eigenvalue weighted by Crippen LogP contribution is 2.21. The lowest BCUT2D eigenvalue weighted by atomic mass is 10.1. The van der Waals surface area contributed by atoms with Crippen molar-refractivity contribution >= 4 is 11.8 Å². The van der Waals surface area contributed by atoms with Gasteiger partial charge in [-0.1, -0.05) is 13.3 Å². The van der Waals surface area contributed by atoms with Crippen LogP contribution in [0.4, 0.5) is 0 Å². The Labute approximate surface area is 92.6 Å². The van der Waals surface area contributed by atoms with Gasteiger partial charge < -0.3 is 10.6 Å². The van der Waals surface area contributed by atoms with E-state index < -0.39 is 0 Å². The zero-order valence-corrected chi connectivity index (χ0v) is 10.4. The standard InChI is InChI=1S/C11H24N2S/c1-3-4-10(12)5-7-13(2)11-6-8-14-9-11/h10-11H,3-9,12H2,1-2H3. The van der Waals surface area contributed by atoms with Crippen LogP contribution in [0.1, 0.15) is 32.6 Å². The Morgan fingerprint density at radius 3 is 2.86 bits per heavy atom. The average molecular weight is 216 g/mol. The first-order valence-electron chi connectivity index (χ1n) is 5.77. The molecule has 0 bridgehead atoms. The third kappa shape index (κ3) is 4.20. The summed E-state index contributed by atoms with van der Waals surface area (Å²) < 4.78 is 0. The molecule has 1 aliphatic rings. The normalized spacial score (nSPS) is 24.4. The lowest BCUT2D eigenvalue weighted by Gasteiger charge is -2.24. The molecule has 1 saturated heterocycles. The van der Waals surface area contributed by atoms with Crippen LogP contribution >= 0.6 is 11.8 Å². The van der Waals surface area contributed by atoms with Crippen molar-refractivity contribution in [3.8, 4) is 0 Å². The molecule has 1 rings (SSSR count). The molecule has 0 aromatic rings. The first kappa shape index (κ1) is 12.3. The Hall–Kier alpha value is 0.270. The summed E-state index contributed by atoms with van der Waals surface area (Å²) >= 11 is 2.08. The second-order valence-corrected chi connectivity index (χ2v) is 5.49. The first-order chi connectivity index (χ1) is 6.74. The highest BCUT2D eigenvalue weighted by atomic mass is 32.2. The molecule has 14 heavy (non-hydrogen) atoms. The number of rotatable bonds is 6. The molecule has 0 aliphatic carbocycles. The van der Waals surface area contributed by atoms with Crippen molar-refractivity contribution in [1.29, 1.82) is 0 Å². The summed E-state index contributed by atoms with van der Waals surface area (Å²) in [4.78, 5) is 2.50. The highest BCUT2D eigenvalue weighted by molar-refractivity contribution is 7.99. The minimum absolute atomic E-state index is 0.413. The van der Waals surface area contributed by atoms with Crippen molar-refractivity contribution in [2.45, 2.75) is 44.7 Å². The molecule has 2 unspecified atom stereocenters. The Balaban J connectivity index is 2.10. The van der Waals surface area contributed by atoms with Gasteiger partial charge in [0.25, 0.3) is 0 Å². The molecule has 3 heteroatoms. The lowest BCUT2D eigenvalue weighted by Crippen LogP contribution is -2.35. The van der Waals surface area contributed by atoms with E-state index >= 15 is 0 Å². The monoisotopic (exact) mass is 216 g/mol. The molecule has 1 heterocycles. The van der Waals surface area contributed by atoms with Gasteiger partial charge in [-0.25, -0.2) is 0 Å². The van der Waals surface area contributed by atoms with Gasteiger partial charge in [0.15, 0.2) is 0 Å². The molecule has 0 amide bonds. The van der Waals surface area contributed by atoms with E-state index in [4.69, 9.17) is 5.73 Å². The van der Waals surface area contributed by atoms with E-state index in [1.165, 1.54) is 37.3 Å². The van der Waals surface area contributed by atoms with E-state index in [9.17, 15) is 0 Å². The third-order valence-corrected chi connectivity index (χ3v) is 4.19. The van der Waals surface area contributed by atoms with E-state index in [0.717, 1.165) is 12.5 Å². The summed E-state index contributed by atoms with van der Waals surface area (Å²) in [5, 5.41) is 0. The summed E-state index contributed by atoms with van der Waals surface area (Å²) in [7, 11) is 2.25. The maximum Gasteiger partial charge on any atom is 0.0191 e. The number of nitrogens with zero attached hydrogens (tertiary/aromatic N) is 1. The molecule has 2 N–H and O–H groups in total. The lowest BCUT2D eigenvalue weighted by molar-refractivity contribution is 0.251. The van der Waals surface area contributed by atoms with Crippen LogP contribution in [0.3, 0.4) is 0 Å². The molecular formula is C11H24N2S. The van der Waals surface area contributed by atoms with Crippen LogP contribution in [0, 0.1) is 0 Å². The Kier molecular flexibility index (Phi) is 5.90. The predicted molar refractivity (Wildman–Crippen MR) is 65.9 cm³/mol. The number of thioether (sulfide) groups is 1. The van der Waals surface area contributed by atoms with Crippen LogP contribution in [0.15, 0.2) is 0 Å². The van der Waals surface area contributed by atoms with Crippen LogP contribution in [0.2, 0.25) is 0 Å². The van der Waals surface area contributed by atoms with Crippen LogP contribution in [0.5, 0.6) is 0 Å². The topological polar surface area (TPSA) is 29.3 Å². The van der Waals surface area contributed by atoms with E-state index in [1.807, 2.05) is 0 Å². The van der Waals surface area contributed by atoms with Crippen molar-refractivity contribution in [3.05, 3.63) is 0 Å². The van der Waals surface area contributed by atoms with Gasteiger partial charge >= 0.3 is 0 Å². The summed E-state index contributed by atoms with van der Waals surface area (Å²) in [5.41, 5.74) is 6.00. The predicted octanol–water partition coefficient (Wildman–Crippen LogP) is 1.94. The molecule has 84 valence electrons. The summed E-state index contributed by atoms with van der Waals surface area (Å²) in [5.74, 6) is 2.66. The molecule has 2 nitrogen and oxygen atoms in total. The zero-order chi connectivity index (χ0) is 10.4. The van der Waals surface area contributed by atoms with Crippen LogP contribution in [-0.2, 0) is 0 Å². The average Bonchev–Trinajstić information content (AvgIpc) is 2.67. The second-order valence-electron chi connectivity index (χ2n) is 4.34. The Morgan fingerprint density at radius 2 is 2.29 bits per heavy atom. The Morgan fingerprint density at radius 1 is 1.50 bits per heavy atom. The van der Waals surface area contributed by atoms with Crippen molar-refractivity contribution in [3.63, 3.8) is 0 Å². The maximum atomic E-state index is 6.00. The summed E-state index contributed by atoms with van der Waals surface area (Å²) in [6, 6.07) is 1.23. The van der Waals surface area contributed by atoms with Gasteiger partial charge in [0.2, 0.25) is 0 Å². The van der Waals surface area contributed by atoms with E-state index in [2.05, 4.69) is 30.6 Å². The van der Waals surface area contributed by atoms with Gasteiger partial charge in [0.05, 0.1) is 0 Å². The van der Waals surface area contributed by atoms with Gasteiger partial charge in [-0.15, -0.1) is 0 Å². The summed E-state index contributed by atoms with van der Waals surface area (Å²) in [6.45, 7) is 3.38. The molecule has 1 aliphatic heterocycles. The smallest absolute Gasteiger partial charge is 0.0191 e. The quantitative estimate of drug-likeness (QED) is 0.736. The Bertz CT molecular complexity index is 146. The van der Waals surface area contributed by atoms with Crippen molar-refractivity contribution in [2.24, 2.45) is 5.73 Å². The fraction of sp³-hybridized carbons (Fsp3) is 1.00. The van der Waals surface area contributed by atoms with Gasteiger partial charge in [0, 0.05) is 17.8 Å². The minimum Gasteiger partial charge on any atom is -0.328 e. The fourth-order valence-electron chi connectivity index (χ4n) is 1.94. The van der Waals surface area contributed by atoms with E-state index in [-0.39, 0.29) is 0 Å². The van der Waals surface area contributed by atoms with Crippen LogP contribution in [0.25, 0.3) is 0 Å². The first-order valence-corrected chi connectivity index (χ1v) is 6.93. The largest absolute Gasteiger partial charge is 0.328 e. The van der Waals surface area contributed by atoms with Crippen molar-refractivity contribution in [1.82, 2.24) is 4.90 Å². The van der Waals surface area contributed by atoms with Crippen molar-refractivity contribution < 1.29 is 0 Å². The van der Waals surface area contributed by atoms with Crippen LogP contribution < -0.4 is 5.73 Å². The molecule has 1 fully saturated rings. The maximum absolute atomic E-state index is 6.00. The van der Waals surface area contributed by atoms with E-state index in [0.29, 0.717) is 6.04 Å². The summed E-state index contributed by atoms with van der Waals surface area (Å²) in [6.07, 6.45) is 4.91. The fourth-order valence-corrected chi connectivity index (χ4v) is 3.24. The van der Waals surface area contributed by atoms with E-state index in [1.54, 1.807) is 0 Å². The van der Waals surface area contributed by atoms with Crippen LogP contribution in [-0.4, -0.2) is 42.1 Å². The zero-order valence-electron chi connectivity index (χ0n) is 9.54. The van der Waals surface area contributed by atoms with Crippen molar-refractivity contribution in [2.75, 3.05) is 25.1 Å². The third-order valence-electron chi connectivity index (χ3n) is 3.04. The molecule has 0 saturated carbocycles. The number of hydrogen-bond donors (Lipinski definition) is 1. The molecule has 0 spiro atoms. The SMILES string of the molecule is CCCC(N)CCN(C)C1CCSC1. The van der Waals surface area contributed by atoms with Gasteiger partial charge in [0.1, 0.15) is 0 Å². The number of nitrogens with two attached hydrogens (primary N) is 1. The molecule has 2 atom stereocenters. The minimum atomic E-state index is 0.413. The van der Waals surface area contributed by atoms with Gasteiger partial charge in [-0.3, -0.25) is 0 Å². The molecule has 0 radical (unpaired) electrons.